The number of nitrogens with zero attached hydrogens (tertiary/aromatic N) is 4. The van der Waals surface area contributed by atoms with Gasteiger partial charge in [0.25, 0.3) is 11.5 Å². The maximum atomic E-state index is 12.7. The van der Waals surface area contributed by atoms with E-state index in [1.54, 1.807) is 12.1 Å². The number of carboxylic acid groups (broad SMARTS) is 1. The molecule has 0 saturated carbocycles. The lowest BCUT2D eigenvalue weighted by Crippen LogP contribution is -2.44. The monoisotopic (exact) mass is 712 g/mol. The summed E-state index contributed by atoms with van der Waals surface area (Å²) in [5, 5.41) is 15.2. The van der Waals surface area contributed by atoms with Crippen molar-refractivity contribution in [3.8, 4) is 0 Å². The Morgan fingerprint density at radius 1 is 1.00 bits per heavy atom. The molecule has 6 N–H and O–H groups in total. The van der Waals surface area contributed by atoms with Crippen molar-refractivity contribution in [3.63, 3.8) is 0 Å². The van der Waals surface area contributed by atoms with E-state index in [1.165, 1.54) is 18.3 Å². The van der Waals surface area contributed by atoms with Crippen LogP contribution in [-0.4, -0.2) is 118 Å². The SMILES string of the molecule is CC(C)(C)N(CC=O)CCOCCOCCOCCCC(=O)CCC(NC(=O)c1ccc(NCc2cnc3nc(N)[nH]c(=O)c3n2)cc1)C(=O)O. The van der Waals surface area contributed by atoms with Gasteiger partial charge in [0, 0.05) is 42.8 Å². The molecule has 0 spiro atoms. The highest BCUT2D eigenvalue weighted by Gasteiger charge is 2.22. The quantitative estimate of drug-likeness (QED) is 0.0654. The minimum Gasteiger partial charge on any atom is -0.480 e. The molecule has 0 bridgehead atoms. The Balaban J connectivity index is 1.27. The van der Waals surface area contributed by atoms with E-state index < -0.39 is 23.5 Å². The van der Waals surface area contributed by atoms with E-state index in [9.17, 15) is 29.1 Å². The first-order valence-electron chi connectivity index (χ1n) is 16.7. The second kappa shape index (κ2) is 20.7. The maximum Gasteiger partial charge on any atom is 0.326 e. The lowest BCUT2D eigenvalue weighted by atomic mass is 10.1. The molecule has 1 amide bonds. The van der Waals surface area contributed by atoms with Crippen LogP contribution in [0.15, 0.2) is 35.3 Å². The molecule has 1 unspecified atom stereocenters. The van der Waals surface area contributed by atoms with Crippen LogP contribution in [0.5, 0.6) is 0 Å². The van der Waals surface area contributed by atoms with Gasteiger partial charge in [0.1, 0.15) is 18.1 Å². The third-order valence-electron chi connectivity index (χ3n) is 7.66. The Bertz CT molecular complexity index is 1640. The summed E-state index contributed by atoms with van der Waals surface area (Å²) in [4.78, 5) is 76.5. The van der Waals surface area contributed by atoms with Gasteiger partial charge in [0.15, 0.2) is 11.2 Å². The molecule has 3 rings (SSSR count). The number of carbonyl (C=O) groups excluding carboxylic acids is 3. The highest BCUT2D eigenvalue weighted by Crippen LogP contribution is 2.13. The van der Waals surface area contributed by atoms with Crippen molar-refractivity contribution in [3.05, 3.63) is 52.1 Å². The summed E-state index contributed by atoms with van der Waals surface area (Å²) in [6.07, 6.45) is 3.02. The van der Waals surface area contributed by atoms with Crippen molar-refractivity contribution in [1.82, 2.24) is 30.2 Å². The van der Waals surface area contributed by atoms with E-state index >= 15 is 0 Å². The lowest BCUT2D eigenvalue weighted by molar-refractivity contribution is -0.139. The van der Waals surface area contributed by atoms with Crippen LogP contribution in [0.2, 0.25) is 0 Å². The molecule has 2 aromatic heterocycles. The summed E-state index contributed by atoms with van der Waals surface area (Å²) < 4.78 is 16.6. The number of rotatable bonds is 24. The highest BCUT2D eigenvalue weighted by molar-refractivity contribution is 5.97. The molecule has 17 nitrogen and oxygen atoms in total. The topological polar surface area (TPSA) is 241 Å². The third-order valence-corrected chi connectivity index (χ3v) is 7.66. The van der Waals surface area contributed by atoms with Crippen LogP contribution >= 0.6 is 0 Å². The van der Waals surface area contributed by atoms with Gasteiger partial charge in [-0.3, -0.25) is 24.3 Å². The van der Waals surface area contributed by atoms with Crippen LogP contribution in [-0.2, 0) is 35.1 Å². The number of amides is 1. The van der Waals surface area contributed by atoms with Crippen molar-refractivity contribution >= 4 is 46.7 Å². The largest absolute Gasteiger partial charge is 0.480 e. The standard InChI is InChI=1S/C34H48N8O9/c1-34(2,3)42(12-14-43)13-16-50-18-20-51-19-17-49-15-4-5-26(44)10-11-27(32(47)48)39-30(45)23-6-8-24(9-7-23)36-21-25-22-37-29-28(38-25)31(46)41-33(35)40-29/h6-9,14,22,27,36H,4-5,10-13,15-21H2,1-3H3,(H,39,45)(H,47,48)(H3,35,37,40,41,46). The van der Waals surface area contributed by atoms with Crippen molar-refractivity contribution in [2.45, 2.75) is 64.6 Å². The molecule has 0 saturated heterocycles. The Morgan fingerprint density at radius 2 is 1.67 bits per heavy atom. The van der Waals surface area contributed by atoms with Crippen molar-refractivity contribution < 1.29 is 38.5 Å². The van der Waals surface area contributed by atoms with Gasteiger partial charge in [-0.15, -0.1) is 0 Å². The molecule has 0 fully saturated rings. The maximum absolute atomic E-state index is 12.7. The number of nitrogens with one attached hydrogen (secondary N) is 3. The number of fused-ring (bicyclic) bond motifs is 1. The zero-order valence-corrected chi connectivity index (χ0v) is 29.3. The number of nitrogen functional groups attached to an aromatic ring is 1. The molecule has 2 heterocycles. The summed E-state index contributed by atoms with van der Waals surface area (Å²) in [6.45, 7) is 9.83. The number of nitrogens with two attached hydrogens (primary N) is 1. The number of hydrogen-bond donors (Lipinski definition) is 5. The molecule has 0 aliphatic carbocycles. The molecule has 0 radical (unpaired) electrons. The molecular weight excluding hydrogens is 664 g/mol. The second-order valence-corrected chi connectivity index (χ2v) is 12.6. The summed E-state index contributed by atoms with van der Waals surface area (Å²) >= 11 is 0. The van der Waals surface area contributed by atoms with Crippen molar-refractivity contribution in [1.29, 1.82) is 0 Å². The van der Waals surface area contributed by atoms with Crippen LogP contribution in [0.1, 0.15) is 62.5 Å². The van der Waals surface area contributed by atoms with Crippen LogP contribution < -0.4 is 21.9 Å². The number of hydrogen-bond acceptors (Lipinski definition) is 14. The summed E-state index contributed by atoms with van der Waals surface area (Å²) in [5.41, 5.74) is 6.47. The summed E-state index contributed by atoms with van der Waals surface area (Å²) in [5.74, 6) is -2.00. The predicted octanol–water partition coefficient (Wildman–Crippen LogP) is 1.57. The second-order valence-electron chi connectivity index (χ2n) is 12.6. The number of H-pyrrole nitrogens is 1. The van der Waals surface area contributed by atoms with Gasteiger partial charge in [-0.25, -0.2) is 14.8 Å². The fourth-order valence-corrected chi connectivity index (χ4v) is 4.80. The first-order chi connectivity index (χ1) is 24.4. The number of aldehydes is 1. The fourth-order valence-electron chi connectivity index (χ4n) is 4.80. The zero-order chi connectivity index (χ0) is 37.2. The molecule has 1 atom stereocenters. The number of ether oxygens (including phenoxy) is 3. The average Bonchev–Trinajstić information content (AvgIpc) is 3.08. The minimum absolute atomic E-state index is 0.00114. The highest BCUT2D eigenvalue weighted by atomic mass is 16.5. The smallest absolute Gasteiger partial charge is 0.326 e. The first-order valence-corrected chi connectivity index (χ1v) is 16.7. The molecule has 1 aromatic carbocycles. The summed E-state index contributed by atoms with van der Waals surface area (Å²) in [6, 6.07) is 5.11. The number of carbonyl (C=O) groups is 4. The molecule has 51 heavy (non-hydrogen) atoms. The van der Waals surface area contributed by atoms with E-state index in [0.29, 0.717) is 70.5 Å². The normalized spacial score (nSPS) is 12.2. The van der Waals surface area contributed by atoms with E-state index in [2.05, 4.69) is 30.6 Å². The van der Waals surface area contributed by atoms with E-state index in [0.717, 1.165) is 6.29 Å². The van der Waals surface area contributed by atoms with Gasteiger partial charge in [-0.05, 0) is 57.9 Å². The molecule has 278 valence electrons. The predicted molar refractivity (Wildman–Crippen MR) is 188 cm³/mol. The number of aromatic amines is 1. The van der Waals surface area contributed by atoms with Gasteiger partial charge < -0.3 is 40.5 Å². The lowest BCUT2D eigenvalue weighted by Gasteiger charge is -2.33. The molecule has 0 aliphatic heterocycles. The van der Waals surface area contributed by atoms with E-state index in [-0.39, 0.29) is 59.8 Å². The van der Waals surface area contributed by atoms with Crippen molar-refractivity contribution in [2.75, 3.05) is 63.8 Å². The molecule has 3 aromatic rings. The van der Waals surface area contributed by atoms with Crippen LogP contribution in [0.3, 0.4) is 0 Å². The minimum atomic E-state index is -1.24. The van der Waals surface area contributed by atoms with E-state index in [4.69, 9.17) is 19.9 Å². The molecule has 17 heteroatoms. The van der Waals surface area contributed by atoms with Gasteiger partial charge in [0.2, 0.25) is 5.95 Å². The number of aromatic nitrogens is 4. The zero-order valence-electron chi connectivity index (χ0n) is 29.3. The Hall–Kier alpha value is -4.84. The number of aliphatic carboxylic acids is 1. The van der Waals surface area contributed by atoms with Crippen LogP contribution in [0.4, 0.5) is 11.6 Å². The number of anilines is 2. The fraction of sp³-hybridized carbons (Fsp3) is 0.529. The molecular formula is C34H48N8O9. The number of ketones is 1. The Morgan fingerprint density at radius 3 is 2.31 bits per heavy atom. The number of carboxylic acids is 1. The Labute approximate surface area is 295 Å². The first kappa shape index (κ1) is 40.6. The number of benzene rings is 1. The van der Waals surface area contributed by atoms with Crippen molar-refractivity contribution in [2.24, 2.45) is 0 Å². The third kappa shape index (κ3) is 14.5. The summed E-state index contributed by atoms with van der Waals surface area (Å²) in [7, 11) is 0. The van der Waals surface area contributed by atoms with Crippen LogP contribution in [0, 0.1) is 0 Å². The molecule has 0 aliphatic rings. The number of Topliss-reactive ketones (excluding diaryl/α,β-unsaturated/α-hetero) is 1. The van der Waals surface area contributed by atoms with Gasteiger partial charge >= 0.3 is 5.97 Å². The van der Waals surface area contributed by atoms with Crippen LogP contribution in [0.25, 0.3) is 11.2 Å². The van der Waals surface area contributed by atoms with E-state index in [1.807, 2.05) is 25.7 Å². The van der Waals surface area contributed by atoms with Gasteiger partial charge in [0.05, 0.1) is 58.0 Å². The van der Waals surface area contributed by atoms with Gasteiger partial charge in [-0.2, -0.15) is 4.98 Å². The Kier molecular flexibility index (Phi) is 16.5. The average molecular weight is 713 g/mol. The van der Waals surface area contributed by atoms with Gasteiger partial charge in [-0.1, -0.05) is 0 Å².